The Bertz CT molecular complexity index is 1140. The quantitative estimate of drug-likeness (QED) is 0.486. The average Bonchev–Trinajstić information content (AvgIpc) is 3.55. The van der Waals surface area contributed by atoms with Crippen molar-refractivity contribution < 1.29 is 4.74 Å². The number of pyridine rings is 1. The van der Waals surface area contributed by atoms with Crippen molar-refractivity contribution >= 4 is 28.7 Å². The maximum atomic E-state index is 5.92. The van der Waals surface area contributed by atoms with E-state index in [1.165, 1.54) is 43.4 Å². The molecule has 6 rings (SSSR count). The predicted octanol–water partition coefficient (Wildman–Crippen LogP) is 5.40. The maximum absolute atomic E-state index is 5.92. The molecule has 0 radical (unpaired) electrons. The van der Waals surface area contributed by atoms with Crippen LogP contribution in [0.3, 0.4) is 0 Å². The van der Waals surface area contributed by atoms with Gasteiger partial charge >= 0.3 is 0 Å². The van der Waals surface area contributed by atoms with E-state index in [1.807, 2.05) is 12.3 Å². The molecule has 3 fully saturated rings. The second-order valence-corrected chi connectivity index (χ2v) is 10.2. The number of hydrogen-bond acceptors (Lipinski definition) is 4. The van der Waals surface area contributed by atoms with Crippen LogP contribution >= 0.6 is 12.2 Å². The predicted molar refractivity (Wildman–Crippen MR) is 144 cm³/mol. The van der Waals surface area contributed by atoms with Crippen molar-refractivity contribution in [3.05, 3.63) is 78.4 Å². The first kappa shape index (κ1) is 22.6. The Morgan fingerprint density at radius 2 is 1.69 bits per heavy atom. The summed E-state index contributed by atoms with van der Waals surface area (Å²) >= 11 is 5.92. The molecule has 182 valence electrons. The van der Waals surface area contributed by atoms with Gasteiger partial charge in [-0.1, -0.05) is 25.3 Å². The van der Waals surface area contributed by atoms with Gasteiger partial charge < -0.3 is 24.4 Å². The van der Waals surface area contributed by atoms with Crippen molar-refractivity contribution in [2.45, 2.75) is 50.2 Å². The van der Waals surface area contributed by atoms with Gasteiger partial charge in [0.05, 0.1) is 31.0 Å². The van der Waals surface area contributed by atoms with Crippen LogP contribution in [0.15, 0.2) is 67.1 Å². The molecule has 2 aromatic heterocycles. The molecule has 6 nitrogen and oxygen atoms in total. The fourth-order valence-corrected chi connectivity index (χ4v) is 6.18. The molecule has 0 bridgehead atoms. The zero-order valence-electron chi connectivity index (χ0n) is 20.1. The van der Waals surface area contributed by atoms with Gasteiger partial charge in [0.1, 0.15) is 0 Å². The van der Waals surface area contributed by atoms with Crippen LogP contribution < -0.4 is 15.1 Å². The van der Waals surface area contributed by atoms with Gasteiger partial charge in [-0.2, -0.15) is 0 Å². The lowest BCUT2D eigenvalue weighted by Gasteiger charge is -2.30. The van der Waals surface area contributed by atoms with Crippen molar-refractivity contribution in [3.8, 4) is 0 Å². The van der Waals surface area contributed by atoms with Gasteiger partial charge in [0.15, 0.2) is 5.11 Å². The van der Waals surface area contributed by atoms with E-state index >= 15 is 0 Å². The van der Waals surface area contributed by atoms with E-state index in [9.17, 15) is 0 Å². The number of nitrogens with zero attached hydrogens (tertiary/aromatic N) is 4. The Labute approximate surface area is 212 Å². The molecule has 1 N–H and O–H groups in total. The van der Waals surface area contributed by atoms with Crippen LogP contribution in [0.5, 0.6) is 0 Å². The Morgan fingerprint density at radius 3 is 2.43 bits per heavy atom. The largest absolute Gasteiger partial charge is 0.378 e. The average molecular weight is 488 g/mol. The fraction of sp³-hybridized carbons (Fsp3) is 0.429. The number of rotatable bonds is 5. The minimum atomic E-state index is -0.00942. The third-order valence-electron chi connectivity index (χ3n) is 7.68. The number of ether oxygens (including phenoxy) is 1. The van der Waals surface area contributed by atoms with Crippen LogP contribution in [0.4, 0.5) is 11.4 Å². The standard InChI is InChI=1S/C28H33N5OS/c35-28-30-26(25-8-4-5-14-29-25)27(21-13-15-32(20-21)22-6-2-1-3-7-22)33(28)24-11-9-23(10-12-24)31-16-18-34-19-17-31/h4-5,8-15,20,22,26-27H,1-3,6-7,16-19H2,(H,30,35)/t26-,27+/m0/s1. The maximum Gasteiger partial charge on any atom is 0.174 e. The highest BCUT2D eigenvalue weighted by molar-refractivity contribution is 7.80. The van der Waals surface area contributed by atoms with Crippen molar-refractivity contribution in [1.29, 1.82) is 0 Å². The van der Waals surface area contributed by atoms with Crippen LogP contribution in [0, 0.1) is 0 Å². The smallest absolute Gasteiger partial charge is 0.174 e. The van der Waals surface area contributed by atoms with Gasteiger partial charge in [-0.05, 0) is 73.1 Å². The molecular weight excluding hydrogens is 454 g/mol. The number of thiocarbonyl (C=S) groups is 1. The van der Waals surface area contributed by atoms with Crippen molar-refractivity contribution in [2.75, 3.05) is 36.1 Å². The van der Waals surface area contributed by atoms with E-state index in [1.54, 1.807) is 0 Å². The van der Waals surface area contributed by atoms with Gasteiger partial charge in [0.2, 0.25) is 0 Å². The molecule has 4 heterocycles. The van der Waals surface area contributed by atoms with Crippen molar-refractivity contribution in [2.24, 2.45) is 0 Å². The normalized spacial score (nSPS) is 23.5. The number of hydrogen-bond donors (Lipinski definition) is 1. The topological polar surface area (TPSA) is 45.6 Å². The Kier molecular flexibility index (Phi) is 6.44. The van der Waals surface area contributed by atoms with E-state index in [4.69, 9.17) is 21.9 Å². The minimum absolute atomic E-state index is 0.00942. The molecule has 1 aliphatic carbocycles. The third-order valence-corrected chi connectivity index (χ3v) is 7.99. The summed E-state index contributed by atoms with van der Waals surface area (Å²) < 4.78 is 7.96. The highest BCUT2D eigenvalue weighted by Gasteiger charge is 2.41. The Balaban J connectivity index is 1.33. The summed E-state index contributed by atoms with van der Waals surface area (Å²) in [5.41, 5.74) is 4.62. The number of aromatic nitrogens is 2. The molecule has 2 saturated heterocycles. The summed E-state index contributed by atoms with van der Waals surface area (Å²) in [7, 11) is 0. The van der Waals surface area contributed by atoms with Gasteiger partial charge in [-0.25, -0.2) is 0 Å². The van der Waals surface area contributed by atoms with Gasteiger partial charge in [-0.15, -0.1) is 0 Å². The lowest BCUT2D eigenvalue weighted by molar-refractivity contribution is 0.122. The molecule has 1 saturated carbocycles. The van der Waals surface area contributed by atoms with Crippen LogP contribution in [0.2, 0.25) is 0 Å². The highest BCUT2D eigenvalue weighted by atomic mass is 32.1. The molecule has 3 aliphatic rings. The summed E-state index contributed by atoms with van der Waals surface area (Å²) in [5, 5.41) is 4.34. The summed E-state index contributed by atoms with van der Waals surface area (Å²) in [6.07, 6.45) is 13.0. The lowest BCUT2D eigenvalue weighted by atomic mass is 9.95. The van der Waals surface area contributed by atoms with E-state index < -0.39 is 0 Å². The van der Waals surface area contributed by atoms with Crippen molar-refractivity contribution in [3.63, 3.8) is 0 Å². The minimum Gasteiger partial charge on any atom is -0.378 e. The lowest BCUT2D eigenvalue weighted by Crippen LogP contribution is -2.36. The second kappa shape index (κ2) is 9.99. The highest BCUT2D eigenvalue weighted by Crippen LogP contribution is 2.42. The zero-order valence-corrected chi connectivity index (χ0v) is 20.9. The molecule has 2 aliphatic heterocycles. The molecule has 0 amide bonds. The van der Waals surface area contributed by atoms with E-state index in [0.29, 0.717) is 6.04 Å². The fourth-order valence-electron chi connectivity index (χ4n) is 5.83. The van der Waals surface area contributed by atoms with Gasteiger partial charge in [-0.3, -0.25) is 4.98 Å². The van der Waals surface area contributed by atoms with Crippen molar-refractivity contribution in [1.82, 2.24) is 14.9 Å². The Morgan fingerprint density at radius 1 is 0.914 bits per heavy atom. The molecule has 0 unspecified atom stereocenters. The summed E-state index contributed by atoms with van der Waals surface area (Å²) in [6, 6.07) is 17.8. The molecule has 2 atom stereocenters. The van der Waals surface area contributed by atoms with Gasteiger partial charge in [0.25, 0.3) is 0 Å². The first-order valence-electron chi connectivity index (χ1n) is 12.9. The van der Waals surface area contributed by atoms with Gasteiger partial charge in [0, 0.05) is 49.1 Å². The third kappa shape index (κ3) is 4.55. The Hall–Kier alpha value is -2.90. The monoisotopic (exact) mass is 487 g/mol. The molecule has 0 spiro atoms. The molecule has 1 aromatic carbocycles. The number of nitrogens with one attached hydrogen (secondary N) is 1. The summed E-state index contributed by atoms with van der Waals surface area (Å²) in [5.74, 6) is 0. The number of anilines is 2. The first-order valence-corrected chi connectivity index (χ1v) is 13.3. The van der Waals surface area contributed by atoms with E-state index in [0.717, 1.165) is 42.8 Å². The SMILES string of the molecule is S=C1N[C@@H](c2ccccn2)[C@@H](c2ccn(C3CCCCC3)c2)N1c1ccc(N2CCOCC2)cc1. The molecule has 35 heavy (non-hydrogen) atoms. The molecule has 7 heteroatoms. The van der Waals surface area contributed by atoms with Crippen LogP contribution in [0.1, 0.15) is 61.5 Å². The molecular formula is C28H33N5OS. The van der Waals surface area contributed by atoms with E-state index in [-0.39, 0.29) is 12.1 Å². The first-order chi connectivity index (χ1) is 17.3. The zero-order chi connectivity index (χ0) is 23.6. The summed E-state index contributed by atoms with van der Waals surface area (Å²) in [6.45, 7) is 3.44. The van der Waals surface area contributed by atoms with Crippen LogP contribution in [-0.4, -0.2) is 41.0 Å². The van der Waals surface area contributed by atoms with Crippen LogP contribution in [-0.2, 0) is 4.74 Å². The van der Waals surface area contributed by atoms with Crippen LogP contribution in [0.25, 0.3) is 0 Å². The molecule has 3 aromatic rings. The number of morpholine rings is 1. The second-order valence-electron chi connectivity index (χ2n) is 9.80. The van der Waals surface area contributed by atoms with E-state index in [2.05, 4.69) is 74.5 Å². The summed E-state index contributed by atoms with van der Waals surface area (Å²) in [4.78, 5) is 9.35. The number of benzene rings is 1.